The van der Waals surface area contributed by atoms with E-state index >= 15 is 0 Å². The molecule has 1 N–H and O–H groups in total. The van der Waals surface area contributed by atoms with E-state index in [-0.39, 0.29) is 23.3 Å². The molecule has 0 spiro atoms. The van der Waals surface area contributed by atoms with Gasteiger partial charge in [-0.15, -0.1) is 0 Å². The highest BCUT2D eigenvalue weighted by molar-refractivity contribution is 5.88. The van der Waals surface area contributed by atoms with Crippen molar-refractivity contribution in [1.29, 1.82) is 0 Å². The van der Waals surface area contributed by atoms with Crippen LogP contribution in [0.2, 0.25) is 0 Å². The van der Waals surface area contributed by atoms with Gasteiger partial charge in [0.2, 0.25) is 11.8 Å². The van der Waals surface area contributed by atoms with Crippen molar-refractivity contribution in [2.75, 3.05) is 0 Å². The van der Waals surface area contributed by atoms with Crippen LogP contribution in [-0.4, -0.2) is 28.8 Å². The minimum Gasteiger partial charge on any atom is -0.352 e. The van der Waals surface area contributed by atoms with Gasteiger partial charge in [0.05, 0.1) is 0 Å². The van der Waals surface area contributed by atoms with Gasteiger partial charge in [-0.1, -0.05) is 118 Å². The van der Waals surface area contributed by atoms with Crippen LogP contribution in [0.25, 0.3) is 0 Å². The van der Waals surface area contributed by atoms with Crippen LogP contribution in [0.4, 0.5) is 0 Å². The monoisotopic (exact) mass is 524 g/mol. The Bertz CT molecular complexity index is 1200. The van der Waals surface area contributed by atoms with Crippen LogP contribution < -0.4 is 5.32 Å². The van der Waals surface area contributed by atoms with Crippen molar-refractivity contribution >= 4 is 11.8 Å². The summed E-state index contributed by atoms with van der Waals surface area (Å²) in [5.41, 5.74) is 5.79. The number of hydrogen-bond donors (Lipinski definition) is 1. The Balaban J connectivity index is 1.58. The molecule has 0 aromatic heterocycles. The van der Waals surface area contributed by atoms with Gasteiger partial charge in [-0.2, -0.15) is 0 Å². The fourth-order valence-electron chi connectivity index (χ4n) is 5.38. The molecule has 2 amide bonds. The van der Waals surface area contributed by atoms with Crippen molar-refractivity contribution < 1.29 is 9.59 Å². The maximum Gasteiger partial charge on any atom is 0.243 e. The van der Waals surface area contributed by atoms with Crippen LogP contribution in [0.3, 0.4) is 0 Å². The van der Waals surface area contributed by atoms with E-state index in [0.29, 0.717) is 25.8 Å². The molecule has 4 heteroatoms. The number of amides is 2. The van der Waals surface area contributed by atoms with Gasteiger partial charge in [-0.25, -0.2) is 0 Å². The van der Waals surface area contributed by atoms with Gasteiger partial charge in [0.25, 0.3) is 0 Å². The molecule has 0 saturated heterocycles. The molecule has 4 rings (SSSR count). The number of carbonyl (C=O) groups excluding carboxylic acids is 2. The lowest BCUT2D eigenvalue weighted by Crippen LogP contribution is -2.52. The van der Waals surface area contributed by atoms with Gasteiger partial charge < -0.3 is 10.2 Å². The molecule has 1 aliphatic rings. The second-order valence-corrected chi connectivity index (χ2v) is 12.1. The summed E-state index contributed by atoms with van der Waals surface area (Å²) in [6.07, 6.45) is 5.83. The van der Waals surface area contributed by atoms with Crippen molar-refractivity contribution in [1.82, 2.24) is 10.2 Å². The van der Waals surface area contributed by atoms with Gasteiger partial charge in [0.15, 0.2) is 0 Å². The first-order valence-corrected chi connectivity index (χ1v) is 14.5. The molecule has 0 radical (unpaired) electrons. The summed E-state index contributed by atoms with van der Waals surface area (Å²) in [6.45, 7) is 9.09. The molecule has 206 valence electrons. The van der Waals surface area contributed by atoms with E-state index in [1.165, 1.54) is 11.1 Å². The van der Waals surface area contributed by atoms with Crippen LogP contribution in [0.5, 0.6) is 0 Å². The summed E-state index contributed by atoms with van der Waals surface area (Å²) in [7, 11) is 0. The number of carbonyl (C=O) groups is 2. The minimum atomic E-state index is -0.565. The number of hydrogen-bond acceptors (Lipinski definition) is 2. The first-order chi connectivity index (χ1) is 18.7. The Hall–Kier alpha value is -3.40. The standard InChI is InChI=1S/C35H44N2O2/c1-26-14-16-29(17-15-26)25-37(33(38)23-20-27-18-21-30(22-19-27)35(2,3)4)32(24-28-10-6-5-7-11-28)34(39)36-31-12-8-9-13-31/h5-7,10-11,14-19,21-22,31-32H,8-9,12-13,20,23-25H2,1-4H3,(H,36,39)/t32-/m1/s1. The summed E-state index contributed by atoms with van der Waals surface area (Å²) in [5, 5.41) is 3.29. The van der Waals surface area contributed by atoms with Crippen molar-refractivity contribution in [2.24, 2.45) is 0 Å². The van der Waals surface area contributed by atoms with E-state index in [0.717, 1.165) is 42.4 Å². The highest BCUT2D eigenvalue weighted by Gasteiger charge is 2.32. The molecule has 4 nitrogen and oxygen atoms in total. The molecule has 1 fully saturated rings. The Morgan fingerprint density at radius 3 is 2.08 bits per heavy atom. The maximum absolute atomic E-state index is 13.9. The molecule has 1 aliphatic carbocycles. The van der Waals surface area contributed by atoms with Crippen LogP contribution in [-0.2, 0) is 34.4 Å². The first kappa shape index (κ1) is 28.6. The van der Waals surface area contributed by atoms with E-state index in [9.17, 15) is 9.59 Å². The van der Waals surface area contributed by atoms with E-state index in [4.69, 9.17) is 0 Å². The second-order valence-electron chi connectivity index (χ2n) is 12.1. The molecule has 3 aromatic carbocycles. The average molecular weight is 525 g/mol. The second kappa shape index (κ2) is 13.1. The van der Waals surface area contributed by atoms with Gasteiger partial charge in [-0.05, 0) is 53.9 Å². The molecule has 0 aliphatic heterocycles. The number of aryl methyl sites for hydroxylation is 2. The summed E-state index contributed by atoms with van der Waals surface area (Å²) in [4.78, 5) is 29.6. The third-order valence-corrected chi connectivity index (χ3v) is 7.89. The Labute approximate surface area is 234 Å². The van der Waals surface area contributed by atoms with Crippen molar-refractivity contribution in [3.8, 4) is 0 Å². The zero-order valence-corrected chi connectivity index (χ0v) is 24.1. The predicted octanol–water partition coefficient (Wildman–Crippen LogP) is 6.92. The molecule has 1 atom stereocenters. The largest absolute Gasteiger partial charge is 0.352 e. The van der Waals surface area contributed by atoms with E-state index < -0.39 is 6.04 Å². The molecule has 39 heavy (non-hydrogen) atoms. The molecule has 0 heterocycles. The topological polar surface area (TPSA) is 49.4 Å². The zero-order chi connectivity index (χ0) is 27.8. The number of benzene rings is 3. The van der Waals surface area contributed by atoms with Crippen LogP contribution in [0.15, 0.2) is 78.9 Å². The lowest BCUT2D eigenvalue weighted by Gasteiger charge is -2.32. The molecule has 1 saturated carbocycles. The molecular formula is C35H44N2O2. The number of nitrogens with one attached hydrogen (secondary N) is 1. The van der Waals surface area contributed by atoms with Crippen LogP contribution in [0.1, 0.15) is 80.7 Å². The van der Waals surface area contributed by atoms with Crippen molar-refractivity contribution in [3.05, 3.63) is 107 Å². The van der Waals surface area contributed by atoms with Gasteiger partial charge in [0, 0.05) is 25.4 Å². The smallest absolute Gasteiger partial charge is 0.243 e. The fourth-order valence-corrected chi connectivity index (χ4v) is 5.38. The summed E-state index contributed by atoms with van der Waals surface area (Å²) >= 11 is 0. The molecule has 0 unspecified atom stereocenters. The molecular weight excluding hydrogens is 480 g/mol. The van der Waals surface area contributed by atoms with Crippen molar-refractivity contribution in [2.45, 2.75) is 96.7 Å². The lowest BCUT2D eigenvalue weighted by atomic mass is 9.86. The first-order valence-electron chi connectivity index (χ1n) is 14.5. The van der Waals surface area contributed by atoms with Crippen LogP contribution in [0, 0.1) is 6.92 Å². The summed E-state index contributed by atoms with van der Waals surface area (Å²) in [6, 6.07) is 26.6. The van der Waals surface area contributed by atoms with E-state index in [2.05, 4.69) is 81.5 Å². The average Bonchev–Trinajstić information content (AvgIpc) is 3.43. The third-order valence-electron chi connectivity index (χ3n) is 7.89. The summed E-state index contributed by atoms with van der Waals surface area (Å²) in [5.74, 6) is -0.0290. The minimum absolute atomic E-state index is 0.0120. The molecule has 0 bridgehead atoms. The van der Waals surface area contributed by atoms with Gasteiger partial charge >= 0.3 is 0 Å². The van der Waals surface area contributed by atoms with E-state index in [1.54, 1.807) is 0 Å². The number of rotatable bonds is 10. The van der Waals surface area contributed by atoms with Crippen molar-refractivity contribution in [3.63, 3.8) is 0 Å². The Morgan fingerprint density at radius 2 is 1.46 bits per heavy atom. The highest BCUT2D eigenvalue weighted by Crippen LogP contribution is 2.24. The highest BCUT2D eigenvalue weighted by atomic mass is 16.2. The summed E-state index contributed by atoms with van der Waals surface area (Å²) < 4.78 is 0. The zero-order valence-electron chi connectivity index (χ0n) is 24.1. The number of nitrogens with zero attached hydrogens (tertiary/aromatic N) is 1. The van der Waals surface area contributed by atoms with Gasteiger partial charge in [0.1, 0.15) is 6.04 Å². The lowest BCUT2D eigenvalue weighted by molar-refractivity contribution is -0.141. The SMILES string of the molecule is Cc1ccc(CN(C(=O)CCc2ccc(C(C)(C)C)cc2)[C@H](Cc2ccccc2)C(=O)NC2CCCC2)cc1. The normalized spacial score (nSPS) is 14.7. The van der Waals surface area contributed by atoms with E-state index in [1.807, 2.05) is 35.2 Å². The Morgan fingerprint density at radius 1 is 0.846 bits per heavy atom. The quantitative estimate of drug-likeness (QED) is 0.313. The van der Waals surface area contributed by atoms with Gasteiger partial charge in [-0.3, -0.25) is 9.59 Å². The predicted molar refractivity (Wildman–Crippen MR) is 160 cm³/mol. The molecule has 3 aromatic rings. The maximum atomic E-state index is 13.9. The Kier molecular flexibility index (Phi) is 9.61. The third kappa shape index (κ3) is 8.29. The van der Waals surface area contributed by atoms with Crippen LogP contribution >= 0.6 is 0 Å². The fraction of sp³-hybridized carbons (Fsp3) is 0.429.